The molecular weight excluding hydrogens is 226 g/mol. The Balaban J connectivity index is 2.53. The van der Waals surface area contributed by atoms with Crippen LogP contribution < -0.4 is 0 Å². The molecule has 3 nitrogen and oxygen atoms in total. The zero-order chi connectivity index (χ0) is 13.7. The minimum Gasteiger partial charge on any atom is -0.481 e. The van der Waals surface area contributed by atoms with Gasteiger partial charge in [0.25, 0.3) is 0 Å². The first kappa shape index (κ1) is 15.5. The number of carboxylic acid groups (broad SMARTS) is 1. The van der Waals surface area contributed by atoms with Crippen LogP contribution in [-0.4, -0.2) is 35.1 Å². The van der Waals surface area contributed by atoms with Crippen molar-refractivity contribution < 1.29 is 9.90 Å². The van der Waals surface area contributed by atoms with Crippen molar-refractivity contribution in [1.82, 2.24) is 4.90 Å². The van der Waals surface area contributed by atoms with Crippen molar-refractivity contribution >= 4 is 5.97 Å². The quantitative estimate of drug-likeness (QED) is 0.792. The molecular formula is C15H29NO2. The van der Waals surface area contributed by atoms with Crippen LogP contribution >= 0.6 is 0 Å². The molecule has 1 aliphatic rings. The second-order valence-corrected chi connectivity index (χ2v) is 6.41. The van der Waals surface area contributed by atoms with E-state index in [1.807, 2.05) is 0 Å². The third kappa shape index (κ3) is 4.60. The van der Waals surface area contributed by atoms with Gasteiger partial charge in [-0.15, -0.1) is 0 Å². The summed E-state index contributed by atoms with van der Waals surface area (Å²) in [6, 6.07) is 0.637. The highest BCUT2D eigenvalue weighted by Crippen LogP contribution is 2.27. The molecule has 1 rings (SSSR count). The summed E-state index contributed by atoms with van der Waals surface area (Å²) < 4.78 is 0. The van der Waals surface area contributed by atoms with Gasteiger partial charge in [0, 0.05) is 19.0 Å². The zero-order valence-corrected chi connectivity index (χ0v) is 12.4. The van der Waals surface area contributed by atoms with Crippen molar-refractivity contribution in [3.63, 3.8) is 0 Å². The molecule has 1 saturated heterocycles. The summed E-state index contributed by atoms with van der Waals surface area (Å²) >= 11 is 0. The number of nitrogens with zero attached hydrogens (tertiary/aromatic N) is 1. The van der Waals surface area contributed by atoms with Crippen LogP contribution in [0.25, 0.3) is 0 Å². The normalized spacial score (nSPS) is 22.1. The molecule has 1 atom stereocenters. The minimum atomic E-state index is -0.656. The molecule has 3 heteroatoms. The van der Waals surface area contributed by atoms with Gasteiger partial charge in [-0.25, -0.2) is 0 Å². The highest BCUT2D eigenvalue weighted by molar-refractivity contribution is 5.66. The van der Waals surface area contributed by atoms with E-state index >= 15 is 0 Å². The Labute approximate surface area is 112 Å². The number of likely N-dealkylation sites (tertiary alicyclic amines) is 1. The summed E-state index contributed by atoms with van der Waals surface area (Å²) in [6.45, 7) is 11.5. The van der Waals surface area contributed by atoms with Crippen LogP contribution in [0.3, 0.4) is 0 Å². The smallest absolute Gasteiger partial charge is 0.303 e. The van der Waals surface area contributed by atoms with E-state index in [1.54, 1.807) is 0 Å². The third-order valence-electron chi connectivity index (χ3n) is 4.10. The van der Waals surface area contributed by atoms with Crippen molar-refractivity contribution in [1.29, 1.82) is 0 Å². The SMILES string of the molecule is CC(C)C(C(C)C)N1CCCC(CCC(=O)O)C1. The fourth-order valence-electron chi connectivity index (χ4n) is 3.54. The van der Waals surface area contributed by atoms with Crippen LogP contribution in [0.15, 0.2) is 0 Å². The fourth-order valence-corrected chi connectivity index (χ4v) is 3.54. The number of carboxylic acids is 1. The van der Waals surface area contributed by atoms with Crippen molar-refractivity contribution in [2.45, 2.75) is 59.4 Å². The van der Waals surface area contributed by atoms with Crippen molar-refractivity contribution in [3.8, 4) is 0 Å². The van der Waals surface area contributed by atoms with Gasteiger partial charge in [-0.05, 0) is 43.6 Å². The Hall–Kier alpha value is -0.570. The Morgan fingerprint density at radius 2 is 1.89 bits per heavy atom. The Morgan fingerprint density at radius 3 is 2.39 bits per heavy atom. The lowest BCUT2D eigenvalue weighted by atomic mass is 9.86. The molecule has 0 saturated carbocycles. The lowest BCUT2D eigenvalue weighted by Crippen LogP contribution is -2.47. The largest absolute Gasteiger partial charge is 0.481 e. The van der Waals surface area contributed by atoms with E-state index in [9.17, 15) is 4.79 Å². The fraction of sp³-hybridized carbons (Fsp3) is 0.933. The van der Waals surface area contributed by atoms with E-state index in [0.717, 1.165) is 13.0 Å². The summed E-state index contributed by atoms with van der Waals surface area (Å²) in [5.74, 6) is 1.26. The van der Waals surface area contributed by atoms with Gasteiger partial charge in [-0.3, -0.25) is 9.69 Å². The summed E-state index contributed by atoms with van der Waals surface area (Å²) in [4.78, 5) is 13.3. The monoisotopic (exact) mass is 255 g/mol. The molecule has 0 aromatic carbocycles. The maximum atomic E-state index is 10.7. The zero-order valence-electron chi connectivity index (χ0n) is 12.4. The van der Waals surface area contributed by atoms with E-state index in [-0.39, 0.29) is 0 Å². The molecule has 1 N–H and O–H groups in total. The average molecular weight is 255 g/mol. The molecule has 1 fully saturated rings. The number of carbonyl (C=O) groups is 1. The van der Waals surface area contributed by atoms with Crippen LogP contribution in [0.5, 0.6) is 0 Å². The predicted molar refractivity (Wildman–Crippen MR) is 74.6 cm³/mol. The maximum Gasteiger partial charge on any atom is 0.303 e. The average Bonchev–Trinajstić information content (AvgIpc) is 2.26. The third-order valence-corrected chi connectivity index (χ3v) is 4.10. The molecule has 18 heavy (non-hydrogen) atoms. The highest BCUT2D eigenvalue weighted by Gasteiger charge is 2.29. The van der Waals surface area contributed by atoms with Crippen LogP contribution in [0.1, 0.15) is 53.4 Å². The van der Waals surface area contributed by atoms with Crippen molar-refractivity contribution in [2.75, 3.05) is 13.1 Å². The van der Waals surface area contributed by atoms with Gasteiger partial charge in [-0.1, -0.05) is 27.7 Å². The molecule has 106 valence electrons. The molecule has 0 spiro atoms. The van der Waals surface area contributed by atoms with Gasteiger partial charge in [0.05, 0.1) is 0 Å². The molecule has 1 unspecified atom stereocenters. The first-order valence-electron chi connectivity index (χ1n) is 7.37. The van der Waals surface area contributed by atoms with Gasteiger partial charge in [0.2, 0.25) is 0 Å². The number of rotatable bonds is 6. The Morgan fingerprint density at radius 1 is 1.28 bits per heavy atom. The van der Waals surface area contributed by atoms with Crippen LogP contribution in [0.4, 0.5) is 0 Å². The van der Waals surface area contributed by atoms with Gasteiger partial charge >= 0.3 is 5.97 Å². The first-order chi connectivity index (χ1) is 8.41. The van der Waals surface area contributed by atoms with Crippen LogP contribution in [0.2, 0.25) is 0 Å². The molecule has 1 aliphatic heterocycles. The number of hydrogen-bond acceptors (Lipinski definition) is 2. The molecule has 0 bridgehead atoms. The predicted octanol–water partition coefficient (Wildman–Crippen LogP) is 3.24. The summed E-state index contributed by atoms with van der Waals surface area (Å²) in [5, 5.41) is 8.78. The van der Waals surface area contributed by atoms with E-state index < -0.39 is 5.97 Å². The van der Waals surface area contributed by atoms with E-state index in [1.165, 1.54) is 19.4 Å². The summed E-state index contributed by atoms with van der Waals surface area (Å²) in [7, 11) is 0. The van der Waals surface area contributed by atoms with E-state index in [4.69, 9.17) is 5.11 Å². The highest BCUT2D eigenvalue weighted by atomic mass is 16.4. The molecule has 0 aromatic heterocycles. The first-order valence-corrected chi connectivity index (χ1v) is 7.37. The molecule has 0 radical (unpaired) electrons. The minimum absolute atomic E-state index is 0.326. The van der Waals surface area contributed by atoms with Crippen LogP contribution in [-0.2, 0) is 4.79 Å². The van der Waals surface area contributed by atoms with Gasteiger partial charge in [-0.2, -0.15) is 0 Å². The topological polar surface area (TPSA) is 40.5 Å². The van der Waals surface area contributed by atoms with Gasteiger partial charge < -0.3 is 5.11 Å². The number of piperidine rings is 1. The van der Waals surface area contributed by atoms with Crippen molar-refractivity contribution in [3.05, 3.63) is 0 Å². The summed E-state index contributed by atoms with van der Waals surface area (Å²) in [6.07, 6.45) is 3.59. The maximum absolute atomic E-state index is 10.7. The Bertz CT molecular complexity index is 255. The van der Waals surface area contributed by atoms with Crippen LogP contribution in [0, 0.1) is 17.8 Å². The number of aliphatic carboxylic acids is 1. The molecule has 0 aliphatic carbocycles. The second-order valence-electron chi connectivity index (χ2n) is 6.41. The Kier molecular flexibility index (Phi) is 6.13. The lowest BCUT2D eigenvalue weighted by molar-refractivity contribution is -0.137. The standard InChI is InChI=1S/C15H29NO2/c1-11(2)15(12(3)4)16-9-5-6-13(10-16)7-8-14(17)18/h11-13,15H,5-10H2,1-4H3,(H,17,18). The second kappa shape index (κ2) is 7.13. The van der Waals surface area contributed by atoms with E-state index in [0.29, 0.717) is 30.2 Å². The molecule has 1 heterocycles. The summed E-state index contributed by atoms with van der Waals surface area (Å²) in [5.41, 5.74) is 0. The lowest BCUT2D eigenvalue weighted by Gasteiger charge is -2.42. The van der Waals surface area contributed by atoms with E-state index in [2.05, 4.69) is 32.6 Å². The van der Waals surface area contributed by atoms with Gasteiger partial charge in [0.1, 0.15) is 0 Å². The van der Waals surface area contributed by atoms with Gasteiger partial charge in [0.15, 0.2) is 0 Å². The number of hydrogen-bond donors (Lipinski definition) is 1. The molecule has 0 aromatic rings. The van der Waals surface area contributed by atoms with Crippen molar-refractivity contribution in [2.24, 2.45) is 17.8 Å². The molecule has 0 amide bonds.